The molecular formula is C19H15NO3. The highest BCUT2D eigenvalue weighted by Crippen LogP contribution is 2.28. The molecule has 4 heteroatoms. The van der Waals surface area contributed by atoms with Crippen molar-refractivity contribution in [3.05, 3.63) is 65.4 Å². The molecule has 0 spiro atoms. The maximum Gasteiger partial charge on any atom is 0.197 e. The number of nitrogens with zero attached hydrogens (tertiary/aromatic N) is 1. The first-order valence-electron chi connectivity index (χ1n) is 7.33. The van der Waals surface area contributed by atoms with Crippen LogP contribution in [0.5, 0.6) is 5.75 Å². The van der Waals surface area contributed by atoms with Crippen molar-refractivity contribution in [1.82, 2.24) is 0 Å². The van der Waals surface area contributed by atoms with Crippen LogP contribution in [0.2, 0.25) is 0 Å². The lowest BCUT2D eigenvalue weighted by atomic mass is 10.0. The average molecular weight is 305 g/mol. The summed E-state index contributed by atoms with van der Waals surface area (Å²) in [5.74, 6) is 1.19. The molecular weight excluding hydrogens is 290 g/mol. The van der Waals surface area contributed by atoms with E-state index < -0.39 is 0 Å². The van der Waals surface area contributed by atoms with E-state index >= 15 is 0 Å². The Morgan fingerprint density at radius 3 is 2.65 bits per heavy atom. The van der Waals surface area contributed by atoms with Crippen molar-refractivity contribution in [2.75, 3.05) is 6.61 Å². The van der Waals surface area contributed by atoms with Crippen LogP contribution in [0.4, 0.5) is 0 Å². The van der Waals surface area contributed by atoms with Gasteiger partial charge in [-0.1, -0.05) is 18.2 Å². The minimum atomic E-state index is -0.0731. The molecule has 4 nitrogen and oxygen atoms in total. The molecule has 3 aromatic rings. The minimum Gasteiger partial charge on any atom is -0.493 e. The van der Waals surface area contributed by atoms with Gasteiger partial charge in [-0.3, -0.25) is 4.79 Å². The van der Waals surface area contributed by atoms with Crippen molar-refractivity contribution in [3.63, 3.8) is 0 Å². The molecule has 0 aliphatic rings. The largest absolute Gasteiger partial charge is 0.493 e. The number of furan rings is 1. The molecule has 0 radical (unpaired) electrons. The number of hydrogen-bond donors (Lipinski definition) is 0. The van der Waals surface area contributed by atoms with Gasteiger partial charge in [0.05, 0.1) is 18.1 Å². The average Bonchev–Trinajstić information content (AvgIpc) is 2.91. The van der Waals surface area contributed by atoms with Gasteiger partial charge in [0.2, 0.25) is 0 Å². The predicted octanol–water partition coefficient (Wildman–Crippen LogP) is 4.26. The normalized spacial score (nSPS) is 10.4. The molecule has 23 heavy (non-hydrogen) atoms. The quantitative estimate of drug-likeness (QED) is 0.522. The Balaban J connectivity index is 1.88. The van der Waals surface area contributed by atoms with Crippen molar-refractivity contribution < 1.29 is 13.9 Å². The molecule has 1 heterocycles. The van der Waals surface area contributed by atoms with E-state index in [2.05, 4.69) is 0 Å². The number of aryl methyl sites for hydroxylation is 1. The molecule has 0 unspecified atom stereocenters. The number of ketones is 1. The van der Waals surface area contributed by atoms with Gasteiger partial charge >= 0.3 is 0 Å². The third-order valence-electron chi connectivity index (χ3n) is 3.60. The number of hydrogen-bond acceptors (Lipinski definition) is 4. The van der Waals surface area contributed by atoms with E-state index in [4.69, 9.17) is 14.4 Å². The summed E-state index contributed by atoms with van der Waals surface area (Å²) in [6.07, 6.45) is 0.334. The first-order valence-corrected chi connectivity index (χ1v) is 7.33. The zero-order chi connectivity index (χ0) is 16.2. The first-order chi connectivity index (χ1) is 11.2. The van der Waals surface area contributed by atoms with Crippen molar-refractivity contribution >= 4 is 16.8 Å². The third kappa shape index (κ3) is 2.95. The molecule has 114 valence electrons. The fourth-order valence-corrected chi connectivity index (χ4v) is 2.51. The summed E-state index contributed by atoms with van der Waals surface area (Å²) in [5.41, 5.74) is 1.89. The summed E-state index contributed by atoms with van der Waals surface area (Å²) in [5, 5.41) is 9.32. The van der Waals surface area contributed by atoms with Crippen molar-refractivity contribution in [1.29, 1.82) is 5.26 Å². The molecule has 0 amide bonds. The standard InChI is InChI=1S/C19H15NO3/c1-13-18(16-5-2-3-6-17(16)23-13)19(21)14-7-9-15(10-8-14)22-12-4-11-20/h2-3,5-10H,4,12H2,1H3. The molecule has 3 rings (SSSR count). The van der Waals surface area contributed by atoms with E-state index in [9.17, 15) is 4.79 Å². The Bertz CT molecular complexity index is 885. The Hall–Kier alpha value is -3.06. The Morgan fingerprint density at radius 1 is 1.17 bits per heavy atom. The second-order valence-corrected chi connectivity index (χ2v) is 5.14. The molecule has 1 aromatic heterocycles. The molecule has 0 bridgehead atoms. The lowest BCUT2D eigenvalue weighted by molar-refractivity contribution is 0.103. The minimum absolute atomic E-state index is 0.0731. The lowest BCUT2D eigenvalue weighted by Crippen LogP contribution is -2.02. The van der Waals surface area contributed by atoms with E-state index in [0.29, 0.717) is 41.2 Å². The molecule has 0 N–H and O–H groups in total. The van der Waals surface area contributed by atoms with Crippen molar-refractivity contribution in [3.8, 4) is 11.8 Å². The van der Waals surface area contributed by atoms with Crippen LogP contribution in [-0.4, -0.2) is 12.4 Å². The number of nitriles is 1. The van der Waals surface area contributed by atoms with Crippen molar-refractivity contribution in [2.24, 2.45) is 0 Å². The molecule has 0 aliphatic carbocycles. The molecule has 0 saturated heterocycles. The zero-order valence-electron chi connectivity index (χ0n) is 12.7. The summed E-state index contributed by atoms with van der Waals surface area (Å²) in [6.45, 7) is 2.14. The number of para-hydroxylation sites is 1. The number of fused-ring (bicyclic) bond motifs is 1. The highest BCUT2D eigenvalue weighted by Gasteiger charge is 2.19. The number of rotatable bonds is 5. The van der Waals surface area contributed by atoms with E-state index in [1.54, 1.807) is 31.2 Å². The Kier molecular flexibility index (Phi) is 4.11. The topological polar surface area (TPSA) is 63.2 Å². The maximum absolute atomic E-state index is 12.8. The van der Waals surface area contributed by atoms with Crippen LogP contribution in [0, 0.1) is 18.3 Å². The van der Waals surface area contributed by atoms with Gasteiger partial charge in [-0.2, -0.15) is 5.26 Å². The summed E-state index contributed by atoms with van der Waals surface area (Å²) < 4.78 is 11.1. The fourth-order valence-electron chi connectivity index (χ4n) is 2.51. The molecule has 0 saturated carbocycles. The van der Waals surface area contributed by atoms with Crippen LogP contribution in [0.15, 0.2) is 52.9 Å². The summed E-state index contributed by atoms with van der Waals surface area (Å²) >= 11 is 0. The Labute approximate surface area is 133 Å². The monoisotopic (exact) mass is 305 g/mol. The van der Waals surface area contributed by atoms with Gasteiger partial charge in [-0.05, 0) is 37.3 Å². The number of carbonyl (C=O) groups is 1. The highest BCUT2D eigenvalue weighted by molar-refractivity contribution is 6.16. The zero-order valence-corrected chi connectivity index (χ0v) is 12.7. The van der Waals surface area contributed by atoms with Gasteiger partial charge in [-0.15, -0.1) is 0 Å². The molecule has 0 aliphatic heterocycles. The van der Waals surface area contributed by atoms with E-state index in [-0.39, 0.29) is 5.78 Å². The van der Waals surface area contributed by atoms with Gasteiger partial charge < -0.3 is 9.15 Å². The van der Waals surface area contributed by atoms with E-state index in [1.165, 1.54) is 0 Å². The summed E-state index contributed by atoms with van der Waals surface area (Å²) in [6, 6.07) is 16.5. The third-order valence-corrected chi connectivity index (χ3v) is 3.60. The van der Waals surface area contributed by atoms with Gasteiger partial charge in [0.15, 0.2) is 5.78 Å². The Morgan fingerprint density at radius 2 is 1.91 bits per heavy atom. The smallest absolute Gasteiger partial charge is 0.197 e. The van der Waals surface area contributed by atoms with Crippen LogP contribution in [0.25, 0.3) is 11.0 Å². The maximum atomic E-state index is 12.8. The van der Waals surface area contributed by atoms with Gasteiger partial charge in [0.1, 0.15) is 23.7 Å². The number of carbonyl (C=O) groups excluding carboxylic acids is 1. The number of benzene rings is 2. The molecule has 0 atom stereocenters. The SMILES string of the molecule is Cc1oc2ccccc2c1C(=O)c1ccc(OCCC#N)cc1. The van der Waals surface area contributed by atoms with Crippen LogP contribution in [0.3, 0.4) is 0 Å². The fraction of sp³-hybridized carbons (Fsp3) is 0.158. The van der Waals surface area contributed by atoms with Crippen LogP contribution in [-0.2, 0) is 0 Å². The first kappa shape index (κ1) is 14.9. The van der Waals surface area contributed by atoms with Gasteiger partial charge in [0, 0.05) is 10.9 Å². The highest BCUT2D eigenvalue weighted by atomic mass is 16.5. The lowest BCUT2D eigenvalue weighted by Gasteiger charge is -2.05. The van der Waals surface area contributed by atoms with Gasteiger partial charge in [0.25, 0.3) is 0 Å². The second kappa shape index (κ2) is 6.37. The van der Waals surface area contributed by atoms with Crippen LogP contribution < -0.4 is 4.74 Å². The van der Waals surface area contributed by atoms with Crippen LogP contribution >= 0.6 is 0 Å². The predicted molar refractivity (Wildman–Crippen MR) is 86.6 cm³/mol. The summed E-state index contributed by atoms with van der Waals surface area (Å²) in [4.78, 5) is 12.8. The van der Waals surface area contributed by atoms with E-state index in [1.807, 2.05) is 30.3 Å². The van der Waals surface area contributed by atoms with Crippen LogP contribution in [0.1, 0.15) is 28.1 Å². The van der Waals surface area contributed by atoms with Crippen molar-refractivity contribution in [2.45, 2.75) is 13.3 Å². The summed E-state index contributed by atoms with van der Waals surface area (Å²) in [7, 11) is 0. The second-order valence-electron chi connectivity index (χ2n) is 5.14. The number of ether oxygens (including phenoxy) is 1. The van der Waals surface area contributed by atoms with Gasteiger partial charge in [-0.25, -0.2) is 0 Å². The molecule has 2 aromatic carbocycles. The van der Waals surface area contributed by atoms with E-state index in [0.717, 1.165) is 5.39 Å². The molecule has 0 fully saturated rings.